The van der Waals surface area contributed by atoms with E-state index in [0.717, 1.165) is 25.7 Å². The van der Waals surface area contributed by atoms with Gasteiger partial charge in [0.15, 0.2) is 0 Å². The lowest BCUT2D eigenvalue weighted by Crippen LogP contribution is -2.30. The molecule has 1 aromatic rings. The molecule has 1 heterocycles. The highest BCUT2D eigenvalue weighted by atomic mass is 15.3. The number of likely N-dealkylation sites (N-methyl/N-ethyl adjacent to an activating group) is 1. The molecule has 1 fully saturated rings. The molecule has 90 valence electrons. The average molecular weight is 222 g/mol. The first-order valence-electron chi connectivity index (χ1n) is 6.07. The van der Waals surface area contributed by atoms with E-state index < -0.39 is 0 Å². The van der Waals surface area contributed by atoms with Crippen molar-refractivity contribution in [1.82, 2.24) is 20.0 Å². The third kappa shape index (κ3) is 2.83. The molecular formula is C12H22N4. The summed E-state index contributed by atoms with van der Waals surface area (Å²) in [5.74, 6) is 0. The van der Waals surface area contributed by atoms with Crippen LogP contribution in [-0.4, -0.2) is 40.9 Å². The van der Waals surface area contributed by atoms with E-state index in [0.29, 0.717) is 0 Å². The van der Waals surface area contributed by atoms with Crippen molar-refractivity contribution in [3.8, 4) is 0 Å². The summed E-state index contributed by atoms with van der Waals surface area (Å²) in [6.07, 6.45) is 4.73. The highest BCUT2D eigenvalue weighted by molar-refractivity contribution is 5.15. The van der Waals surface area contributed by atoms with Crippen molar-refractivity contribution in [1.29, 1.82) is 0 Å². The zero-order chi connectivity index (χ0) is 11.5. The van der Waals surface area contributed by atoms with Gasteiger partial charge >= 0.3 is 0 Å². The largest absolute Gasteiger partial charge is 0.311 e. The molecule has 0 unspecified atom stereocenters. The molecule has 1 aliphatic rings. The monoisotopic (exact) mass is 222 g/mol. The van der Waals surface area contributed by atoms with Gasteiger partial charge in [-0.05, 0) is 26.8 Å². The van der Waals surface area contributed by atoms with Gasteiger partial charge in [-0.3, -0.25) is 4.68 Å². The number of nitrogens with zero attached hydrogens (tertiary/aromatic N) is 3. The maximum Gasteiger partial charge on any atom is 0.0537 e. The van der Waals surface area contributed by atoms with Crippen molar-refractivity contribution in [2.75, 3.05) is 20.1 Å². The lowest BCUT2D eigenvalue weighted by Gasteiger charge is -2.15. The van der Waals surface area contributed by atoms with Gasteiger partial charge in [0.25, 0.3) is 0 Å². The Labute approximate surface area is 97.6 Å². The van der Waals surface area contributed by atoms with Gasteiger partial charge in [0, 0.05) is 44.0 Å². The molecule has 16 heavy (non-hydrogen) atoms. The average Bonchev–Trinajstić information content (AvgIpc) is 3.06. The van der Waals surface area contributed by atoms with E-state index in [9.17, 15) is 0 Å². The third-order valence-electron chi connectivity index (χ3n) is 3.46. The highest BCUT2D eigenvalue weighted by Gasteiger charge is 2.25. The molecule has 0 atom stereocenters. The summed E-state index contributed by atoms with van der Waals surface area (Å²) in [6, 6.07) is 0.863. The first kappa shape index (κ1) is 11.6. The van der Waals surface area contributed by atoms with E-state index in [1.165, 1.54) is 24.1 Å². The smallest absolute Gasteiger partial charge is 0.0537 e. The molecule has 1 N–H and O–H groups in total. The highest BCUT2D eigenvalue weighted by Crippen LogP contribution is 2.24. The maximum atomic E-state index is 4.23. The number of hydrogen-bond acceptors (Lipinski definition) is 3. The van der Waals surface area contributed by atoms with Crippen LogP contribution in [0.2, 0.25) is 0 Å². The predicted molar refractivity (Wildman–Crippen MR) is 65.3 cm³/mol. The van der Waals surface area contributed by atoms with Gasteiger partial charge in [-0.15, -0.1) is 0 Å². The quantitative estimate of drug-likeness (QED) is 0.726. The minimum atomic E-state index is 0.863. The van der Waals surface area contributed by atoms with Crippen LogP contribution in [0.15, 0.2) is 6.20 Å². The Hall–Kier alpha value is -0.870. The summed E-state index contributed by atoms with van der Waals surface area (Å²) in [6.45, 7) is 5.24. The van der Waals surface area contributed by atoms with Gasteiger partial charge in [0.2, 0.25) is 0 Å². The second-order valence-corrected chi connectivity index (χ2v) is 4.77. The third-order valence-corrected chi connectivity index (χ3v) is 3.46. The minimum absolute atomic E-state index is 0.863. The Morgan fingerprint density at radius 2 is 2.31 bits per heavy atom. The first-order valence-corrected chi connectivity index (χ1v) is 6.07. The number of aromatic nitrogens is 2. The van der Waals surface area contributed by atoms with Gasteiger partial charge in [-0.1, -0.05) is 0 Å². The standard InChI is InChI=1S/C12H22N4/c1-10-11(9-14-16(10)3)8-13-6-7-15(2)12-4-5-12/h9,12-13H,4-8H2,1-3H3. The summed E-state index contributed by atoms with van der Waals surface area (Å²) in [5.41, 5.74) is 2.56. The normalized spacial score (nSPS) is 16.0. The Balaban J connectivity index is 1.65. The van der Waals surface area contributed by atoms with Gasteiger partial charge in [0.1, 0.15) is 0 Å². The molecule has 0 spiro atoms. The topological polar surface area (TPSA) is 33.1 Å². The Morgan fingerprint density at radius 1 is 1.56 bits per heavy atom. The SMILES string of the molecule is Cc1c(CNCCN(C)C2CC2)cnn1C. The Bertz CT molecular complexity index is 341. The molecule has 4 nitrogen and oxygen atoms in total. The summed E-state index contributed by atoms with van der Waals surface area (Å²) in [7, 11) is 4.20. The van der Waals surface area contributed by atoms with Crippen LogP contribution in [0.1, 0.15) is 24.1 Å². The summed E-state index contributed by atoms with van der Waals surface area (Å²) in [5, 5.41) is 7.71. The lowest BCUT2D eigenvalue weighted by atomic mass is 10.2. The van der Waals surface area contributed by atoms with E-state index in [2.05, 4.69) is 29.3 Å². The zero-order valence-corrected chi connectivity index (χ0v) is 10.5. The van der Waals surface area contributed by atoms with Crippen LogP contribution in [0, 0.1) is 6.92 Å². The van der Waals surface area contributed by atoms with E-state index in [4.69, 9.17) is 0 Å². The fourth-order valence-electron chi connectivity index (χ4n) is 1.89. The molecule has 4 heteroatoms. The van der Waals surface area contributed by atoms with Crippen LogP contribution in [0.4, 0.5) is 0 Å². The van der Waals surface area contributed by atoms with Crippen molar-refractivity contribution in [3.05, 3.63) is 17.5 Å². The fourth-order valence-corrected chi connectivity index (χ4v) is 1.89. The van der Waals surface area contributed by atoms with Crippen molar-refractivity contribution >= 4 is 0 Å². The molecule has 2 rings (SSSR count). The maximum absolute atomic E-state index is 4.23. The molecule has 0 radical (unpaired) electrons. The molecular weight excluding hydrogens is 200 g/mol. The first-order chi connectivity index (χ1) is 7.68. The van der Waals surface area contributed by atoms with Crippen LogP contribution in [0.3, 0.4) is 0 Å². The minimum Gasteiger partial charge on any atom is -0.311 e. The summed E-state index contributed by atoms with van der Waals surface area (Å²) < 4.78 is 1.92. The molecule has 0 amide bonds. The van der Waals surface area contributed by atoms with E-state index in [-0.39, 0.29) is 0 Å². The molecule has 1 saturated carbocycles. The summed E-state index contributed by atoms with van der Waals surface area (Å²) >= 11 is 0. The van der Waals surface area contributed by atoms with Crippen molar-refractivity contribution in [2.45, 2.75) is 32.4 Å². The number of rotatable bonds is 6. The molecule has 0 saturated heterocycles. The molecule has 0 aliphatic heterocycles. The van der Waals surface area contributed by atoms with Gasteiger partial charge < -0.3 is 10.2 Å². The van der Waals surface area contributed by atoms with Gasteiger partial charge in [0.05, 0.1) is 6.20 Å². The van der Waals surface area contributed by atoms with Crippen molar-refractivity contribution < 1.29 is 0 Å². The van der Waals surface area contributed by atoms with Crippen LogP contribution in [-0.2, 0) is 13.6 Å². The number of nitrogens with one attached hydrogen (secondary N) is 1. The summed E-state index contributed by atoms with van der Waals surface area (Å²) in [4.78, 5) is 2.45. The van der Waals surface area contributed by atoms with Crippen LogP contribution in [0.25, 0.3) is 0 Å². The van der Waals surface area contributed by atoms with Gasteiger partial charge in [-0.25, -0.2) is 0 Å². The van der Waals surface area contributed by atoms with E-state index in [1.807, 2.05) is 17.9 Å². The van der Waals surface area contributed by atoms with Gasteiger partial charge in [-0.2, -0.15) is 5.10 Å². The molecule has 1 aromatic heterocycles. The predicted octanol–water partition coefficient (Wildman–Crippen LogP) is 0.912. The molecule has 1 aliphatic carbocycles. The van der Waals surface area contributed by atoms with Crippen LogP contribution in [0.5, 0.6) is 0 Å². The van der Waals surface area contributed by atoms with Crippen LogP contribution >= 0.6 is 0 Å². The van der Waals surface area contributed by atoms with Crippen molar-refractivity contribution in [2.24, 2.45) is 7.05 Å². The Kier molecular flexibility index (Phi) is 3.61. The van der Waals surface area contributed by atoms with Crippen molar-refractivity contribution in [3.63, 3.8) is 0 Å². The second-order valence-electron chi connectivity index (χ2n) is 4.77. The van der Waals surface area contributed by atoms with E-state index in [1.54, 1.807) is 0 Å². The zero-order valence-electron chi connectivity index (χ0n) is 10.5. The Morgan fingerprint density at radius 3 is 2.88 bits per heavy atom. The fraction of sp³-hybridized carbons (Fsp3) is 0.750. The number of aryl methyl sites for hydroxylation is 1. The molecule has 0 bridgehead atoms. The molecule has 0 aromatic carbocycles. The lowest BCUT2D eigenvalue weighted by molar-refractivity contribution is 0.321. The second kappa shape index (κ2) is 4.97. The van der Waals surface area contributed by atoms with Crippen LogP contribution < -0.4 is 5.32 Å². The van der Waals surface area contributed by atoms with E-state index >= 15 is 0 Å². The number of hydrogen-bond donors (Lipinski definition) is 1.